The highest BCUT2D eigenvalue weighted by molar-refractivity contribution is 7.89. The Balaban J connectivity index is 1.49. The molecular formula is C20H27N5O3S. The minimum atomic E-state index is -3.61. The van der Waals surface area contributed by atoms with Crippen LogP contribution >= 0.6 is 0 Å². The Kier molecular flexibility index (Phi) is 6.81. The number of piperidine rings is 1. The molecule has 156 valence electrons. The van der Waals surface area contributed by atoms with Gasteiger partial charge in [-0.3, -0.25) is 9.78 Å². The molecule has 0 aliphatic carbocycles. The van der Waals surface area contributed by atoms with Crippen LogP contribution in [0.5, 0.6) is 0 Å². The van der Waals surface area contributed by atoms with Crippen LogP contribution in [0.4, 0.5) is 5.82 Å². The lowest BCUT2D eigenvalue weighted by molar-refractivity contribution is -0.125. The Morgan fingerprint density at radius 3 is 2.83 bits per heavy atom. The van der Waals surface area contributed by atoms with Crippen molar-refractivity contribution in [1.82, 2.24) is 20.0 Å². The second-order valence-corrected chi connectivity index (χ2v) is 9.04. The van der Waals surface area contributed by atoms with Crippen LogP contribution in [0.2, 0.25) is 0 Å². The van der Waals surface area contributed by atoms with Crippen LogP contribution in [0.3, 0.4) is 0 Å². The summed E-state index contributed by atoms with van der Waals surface area (Å²) in [5, 5.41) is 2.85. The fraction of sp³-hybridized carbons (Fsp3) is 0.450. The Bertz CT molecular complexity index is 950. The van der Waals surface area contributed by atoms with Gasteiger partial charge in [-0.15, -0.1) is 0 Å². The molecule has 9 heteroatoms. The molecule has 0 bridgehead atoms. The van der Waals surface area contributed by atoms with E-state index in [-0.39, 0.29) is 29.8 Å². The Labute approximate surface area is 171 Å². The summed E-state index contributed by atoms with van der Waals surface area (Å²) >= 11 is 0. The van der Waals surface area contributed by atoms with Gasteiger partial charge in [-0.25, -0.2) is 18.1 Å². The van der Waals surface area contributed by atoms with Crippen LogP contribution in [0, 0.1) is 19.8 Å². The van der Waals surface area contributed by atoms with Gasteiger partial charge in [0.2, 0.25) is 15.9 Å². The second-order valence-electron chi connectivity index (χ2n) is 7.31. The van der Waals surface area contributed by atoms with Gasteiger partial charge in [-0.05, 0) is 43.9 Å². The van der Waals surface area contributed by atoms with Crippen molar-refractivity contribution in [1.29, 1.82) is 0 Å². The lowest BCUT2D eigenvalue weighted by atomic mass is 9.97. The van der Waals surface area contributed by atoms with Gasteiger partial charge in [0, 0.05) is 38.6 Å². The fourth-order valence-electron chi connectivity index (χ4n) is 3.44. The molecule has 8 nitrogen and oxygen atoms in total. The number of sulfonamides is 1. The molecular weight excluding hydrogens is 390 g/mol. The average Bonchev–Trinajstić information content (AvgIpc) is 2.73. The van der Waals surface area contributed by atoms with E-state index in [0.717, 1.165) is 30.8 Å². The van der Waals surface area contributed by atoms with E-state index in [1.807, 2.05) is 13.0 Å². The molecule has 0 spiro atoms. The normalized spacial score (nSPS) is 17.2. The number of aryl methyl sites for hydroxylation is 2. The number of carbonyl (C=O) groups excluding carboxylic acids is 1. The van der Waals surface area contributed by atoms with Crippen molar-refractivity contribution in [3.63, 3.8) is 0 Å². The van der Waals surface area contributed by atoms with Gasteiger partial charge < -0.3 is 10.2 Å². The minimum absolute atomic E-state index is 0.0653. The molecule has 1 unspecified atom stereocenters. The summed E-state index contributed by atoms with van der Waals surface area (Å²) in [6.45, 7) is 5.43. The van der Waals surface area contributed by atoms with Crippen LogP contribution in [0.15, 0.2) is 41.7 Å². The van der Waals surface area contributed by atoms with E-state index in [1.165, 1.54) is 0 Å². The largest absolute Gasteiger partial charge is 0.355 e. The van der Waals surface area contributed by atoms with Gasteiger partial charge in [-0.2, -0.15) is 0 Å². The van der Waals surface area contributed by atoms with Gasteiger partial charge in [-0.1, -0.05) is 12.1 Å². The van der Waals surface area contributed by atoms with Crippen LogP contribution in [0.1, 0.15) is 24.0 Å². The van der Waals surface area contributed by atoms with E-state index in [9.17, 15) is 13.2 Å². The Morgan fingerprint density at radius 1 is 1.24 bits per heavy atom. The third-order valence-corrected chi connectivity index (χ3v) is 6.62. The standard InChI is InChI=1S/C20H27N5O3S/c1-15-5-6-16(2)18(12-15)29(27,28)24-10-9-23-20(26)17-4-3-11-25(14-17)19-13-21-7-8-22-19/h5-8,12-13,17,24H,3-4,9-11,14H2,1-2H3,(H,23,26). The van der Waals surface area contributed by atoms with Gasteiger partial charge in [0.05, 0.1) is 17.0 Å². The topological polar surface area (TPSA) is 104 Å². The molecule has 1 aromatic carbocycles. The third-order valence-electron chi connectivity index (χ3n) is 5.02. The number of hydrogen-bond donors (Lipinski definition) is 2. The quantitative estimate of drug-likeness (QED) is 0.660. The molecule has 1 aliphatic heterocycles. The predicted molar refractivity (Wildman–Crippen MR) is 111 cm³/mol. The van der Waals surface area contributed by atoms with Crippen molar-refractivity contribution in [3.8, 4) is 0 Å². The van der Waals surface area contributed by atoms with Crippen molar-refractivity contribution < 1.29 is 13.2 Å². The molecule has 1 fully saturated rings. The first-order chi connectivity index (χ1) is 13.9. The maximum absolute atomic E-state index is 12.5. The first-order valence-electron chi connectivity index (χ1n) is 9.72. The molecule has 2 aromatic rings. The molecule has 1 amide bonds. The number of carbonyl (C=O) groups is 1. The summed E-state index contributed by atoms with van der Waals surface area (Å²) in [5.74, 6) is 0.553. The van der Waals surface area contributed by atoms with Crippen molar-refractivity contribution >= 4 is 21.7 Å². The fourth-order valence-corrected chi connectivity index (χ4v) is 4.80. The number of anilines is 1. The zero-order valence-corrected chi connectivity index (χ0v) is 17.6. The number of nitrogens with one attached hydrogen (secondary N) is 2. The molecule has 3 rings (SSSR count). The summed E-state index contributed by atoms with van der Waals surface area (Å²) < 4.78 is 27.6. The number of rotatable bonds is 7. The summed E-state index contributed by atoms with van der Waals surface area (Å²) in [5.41, 5.74) is 1.58. The second kappa shape index (κ2) is 9.32. The maximum atomic E-state index is 12.5. The van der Waals surface area contributed by atoms with Gasteiger partial charge in [0.1, 0.15) is 5.82 Å². The molecule has 0 saturated carbocycles. The molecule has 2 heterocycles. The third kappa shape index (κ3) is 5.51. The average molecular weight is 418 g/mol. The SMILES string of the molecule is Cc1ccc(C)c(S(=O)(=O)NCCNC(=O)C2CCCN(c3cnccn3)C2)c1. The van der Waals surface area contributed by atoms with Crippen molar-refractivity contribution in [3.05, 3.63) is 47.9 Å². The van der Waals surface area contributed by atoms with Crippen LogP contribution in [-0.2, 0) is 14.8 Å². The van der Waals surface area contributed by atoms with E-state index in [1.54, 1.807) is 37.6 Å². The molecule has 1 aromatic heterocycles. The van der Waals surface area contributed by atoms with E-state index >= 15 is 0 Å². The Morgan fingerprint density at radius 2 is 2.07 bits per heavy atom. The highest BCUT2D eigenvalue weighted by Crippen LogP contribution is 2.21. The molecule has 1 saturated heterocycles. The smallest absolute Gasteiger partial charge is 0.240 e. The van der Waals surface area contributed by atoms with Crippen molar-refractivity contribution in [2.24, 2.45) is 5.92 Å². The zero-order chi connectivity index (χ0) is 20.9. The number of amides is 1. The van der Waals surface area contributed by atoms with E-state index in [0.29, 0.717) is 12.1 Å². The van der Waals surface area contributed by atoms with Crippen LogP contribution in [0.25, 0.3) is 0 Å². The maximum Gasteiger partial charge on any atom is 0.240 e. The molecule has 2 N–H and O–H groups in total. The van der Waals surface area contributed by atoms with Gasteiger partial charge >= 0.3 is 0 Å². The van der Waals surface area contributed by atoms with E-state index in [4.69, 9.17) is 0 Å². The lowest BCUT2D eigenvalue weighted by Crippen LogP contribution is -2.45. The number of hydrogen-bond acceptors (Lipinski definition) is 6. The summed E-state index contributed by atoms with van der Waals surface area (Å²) in [6, 6.07) is 5.32. The minimum Gasteiger partial charge on any atom is -0.355 e. The van der Waals surface area contributed by atoms with Crippen LogP contribution in [-0.4, -0.2) is 50.5 Å². The van der Waals surface area contributed by atoms with E-state index < -0.39 is 10.0 Å². The first-order valence-corrected chi connectivity index (χ1v) is 11.2. The molecule has 0 radical (unpaired) electrons. The molecule has 1 atom stereocenters. The van der Waals surface area contributed by atoms with Crippen LogP contribution < -0.4 is 14.9 Å². The zero-order valence-electron chi connectivity index (χ0n) is 16.8. The molecule has 1 aliphatic rings. The number of nitrogens with zero attached hydrogens (tertiary/aromatic N) is 3. The highest BCUT2D eigenvalue weighted by Gasteiger charge is 2.26. The number of aromatic nitrogens is 2. The van der Waals surface area contributed by atoms with E-state index in [2.05, 4.69) is 24.9 Å². The molecule has 29 heavy (non-hydrogen) atoms. The lowest BCUT2D eigenvalue weighted by Gasteiger charge is -2.32. The van der Waals surface area contributed by atoms with Crippen molar-refractivity contribution in [2.75, 3.05) is 31.1 Å². The summed E-state index contributed by atoms with van der Waals surface area (Å²) in [7, 11) is -3.61. The summed E-state index contributed by atoms with van der Waals surface area (Å²) in [4.78, 5) is 23.2. The number of benzene rings is 1. The van der Waals surface area contributed by atoms with Gasteiger partial charge in [0.25, 0.3) is 0 Å². The Hall–Kier alpha value is -2.52. The van der Waals surface area contributed by atoms with Crippen molar-refractivity contribution in [2.45, 2.75) is 31.6 Å². The predicted octanol–water partition coefficient (Wildman–Crippen LogP) is 1.40. The van der Waals surface area contributed by atoms with Gasteiger partial charge in [0.15, 0.2) is 0 Å². The first kappa shape index (κ1) is 21.2. The highest BCUT2D eigenvalue weighted by atomic mass is 32.2. The monoisotopic (exact) mass is 417 g/mol. The summed E-state index contributed by atoms with van der Waals surface area (Å²) in [6.07, 6.45) is 6.66.